The van der Waals surface area contributed by atoms with E-state index in [4.69, 9.17) is 4.74 Å². The summed E-state index contributed by atoms with van der Waals surface area (Å²) >= 11 is 0. The van der Waals surface area contributed by atoms with Gasteiger partial charge in [0, 0.05) is 43.8 Å². The first-order valence-electron chi connectivity index (χ1n) is 12.5. The highest BCUT2D eigenvalue weighted by atomic mass is 32.2. The molecule has 1 aromatic heterocycles. The number of nitrogens with zero attached hydrogens (tertiary/aromatic N) is 2. The number of carbonyl (C=O) groups excluding carboxylic acids is 1. The van der Waals surface area contributed by atoms with Gasteiger partial charge in [0.05, 0.1) is 23.8 Å². The van der Waals surface area contributed by atoms with Crippen molar-refractivity contribution in [3.63, 3.8) is 0 Å². The monoisotopic (exact) mass is 526 g/mol. The van der Waals surface area contributed by atoms with Gasteiger partial charge in [-0.3, -0.25) is 18.8 Å². The molecule has 0 aliphatic carbocycles. The van der Waals surface area contributed by atoms with Crippen LogP contribution in [0.2, 0.25) is 0 Å². The van der Waals surface area contributed by atoms with Gasteiger partial charge in [0.25, 0.3) is 15.9 Å². The molecule has 2 N–H and O–H groups in total. The number of hydrogen-bond donors (Lipinski definition) is 2. The summed E-state index contributed by atoms with van der Waals surface area (Å²) in [7, 11) is -2.45. The summed E-state index contributed by atoms with van der Waals surface area (Å²) in [5, 5.41) is 2.94. The van der Waals surface area contributed by atoms with Gasteiger partial charge in [-0.25, -0.2) is 8.42 Å². The molecule has 0 atom stereocenters. The van der Waals surface area contributed by atoms with E-state index in [1.54, 1.807) is 18.2 Å². The lowest BCUT2D eigenvalue weighted by Crippen LogP contribution is -2.38. The van der Waals surface area contributed by atoms with Gasteiger partial charge in [0.1, 0.15) is 5.56 Å². The number of ether oxygens (including phenoxy) is 1. The lowest BCUT2D eigenvalue weighted by molar-refractivity contribution is 0.0374. The molecular weight excluding hydrogens is 492 g/mol. The molecule has 0 saturated carbocycles. The number of aromatic amines is 1. The molecule has 3 aromatic rings. The van der Waals surface area contributed by atoms with Crippen LogP contribution >= 0.6 is 0 Å². The van der Waals surface area contributed by atoms with Crippen LogP contribution in [0.25, 0.3) is 10.9 Å². The zero-order valence-corrected chi connectivity index (χ0v) is 22.3. The molecule has 198 valence electrons. The standard InChI is InChI=1S/C27H34N4O5S/c1-19(2)20-5-7-21(8-6-20)30(3)37(34,35)22-9-10-25-23(17-22)26(32)24(18-29-25)27(33)28-11-4-12-31-13-15-36-16-14-31/h5-10,17-19H,4,11-16H2,1-3H3,(H,28,33)(H,29,32). The molecule has 0 spiro atoms. The zero-order chi connectivity index (χ0) is 26.6. The Labute approximate surface area is 217 Å². The number of fused-ring (bicyclic) bond motifs is 1. The topological polar surface area (TPSA) is 112 Å². The van der Waals surface area contributed by atoms with E-state index in [9.17, 15) is 18.0 Å². The van der Waals surface area contributed by atoms with Crippen LogP contribution < -0.4 is 15.1 Å². The van der Waals surface area contributed by atoms with Crippen molar-refractivity contribution >= 4 is 32.5 Å². The molecule has 2 aromatic carbocycles. The number of hydrogen-bond acceptors (Lipinski definition) is 6. The molecule has 1 saturated heterocycles. The second-order valence-electron chi connectivity index (χ2n) is 9.52. The number of benzene rings is 2. The van der Waals surface area contributed by atoms with Crippen LogP contribution in [0.4, 0.5) is 5.69 Å². The molecule has 0 unspecified atom stereocenters. The summed E-state index contributed by atoms with van der Waals surface area (Å²) < 4.78 is 33.2. The fraction of sp³-hybridized carbons (Fsp3) is 0.407. The highest BCUT2D eigenvalue weighted by molar-refractivity contribution is 7.92. The molecule has 1 aliphatic rings. The second-order valence-corrected chi connectivity index (χ2v) is 11.5. The number of nitrogens with one attached hydrogen (secondary N) is 2. The van der Waals surface area contributed by atoms with E-state index < -0.39 is 21.4 Å². The predicted octanol–water partition coefficient (Wildman–Crippen LogP) is 2.93. The van der Waals surface area contributed by atoms with Gasteiger partial charge >= 0.3 is 0 Å². The van der Waals surface area contributed by atoms with Gasteiger partial charge in [-0.05, 0) is 54.8 Å². The van der Waals surface area contributed by atoms with Gasteiger partial charge < -0.3 is 15.0 Å². The largest absolute Gasteiger partial charge is 0.379 e. The lowest BCUT2D eigenvalue weighted by Gasteiger charge is -2.26. The first-order valence-corrected chi connectivity index (χ1v) is 13.9. The molecule has 1 amide bonds. The van der Waals surface area contributed by atoms with Crippen molar-refractivity contribution in [2.75, 3.05) is 50.7 Å². The number of morpholine rings is 1. The molecule has 1 fully saturated rings. The summed E-state index contributed by atoms with van der Waals surface area (Å²) in [6.45, 7) is 8.61. The molecule has 0 bridgehead atoms. The van der Waals surface area contributed by atoms with Crippen molar-refractivity contribution in [2.45, 2.75) is 31.1 Å². The number of aromatic nitrogens is 1. The SMILES string of the molecule is CC(C)c1ccc(N(C)S(=O)(=O)c2ccc3[nH]cc(C(=O)NCCCN4CCOCC4)c(=O)c3c2)cc1. The maximum Gasteiger partial charge on any atom is 0.264 e. The Morgan fingerprint density at radius 2 is 1.84 bits per heavy atom. The first-order chi connectivity index (χ1) is 17.7. The Bertz CT molecular complexity index is 1410. The van der Waals surface area contributed by atoms with Crippen molar-refractivity contribution in [3.05, 3.63) is 70.0 Å². The third-order valence-electron chi connectivity index (χ3n) is 6.72. The summed E-state index contributed by atoms with van der Waals surface area (Å²) in [5.41, 5.74) is 1.52. The Hall–Kier alpha value is -3.21. The average Bonchev–Trinajstić information content (AvgIpc) is 2.91. The van der Waals surface area contributed by atoms with Crippen molar-refractivity contribution in [3.8, 4) is 0 Å². The van der Waals surface area contributed by atoms with E-state index >= 15 is 0 Å². The van der Waals surface area contributed by atoms with Crippen molar-refractivity contribution in [2.24, 2.45) is 0 Å². The van der Waals surface area contributed by atoms with Crippen LogP contribution in [-0.2, 0) is 14.8 Å². The highest BCUT2D eigenvalue weighted by Crippen LogP contribution is 2.25. The molecule has 1 aliphatic heterocycles. The summed E-state index contributed by atoms with van der Waals surface area (Å²) in [4.78, 5) is 31.1. The maximum absolute atomic E-state index is 13.4. The molecule has 37 heavy (non-hydrogen) atoms. The Kier molecular flexibility index (Phi) is 8.31. The normalized spacial score (nSPS) is 14.7. The minimum Gasteiger partial charge on any atom is -0.379 e. The number of rotatable bonds is 9. The fourth-order valence-corrected chi connectivity index (χ4v) is 5.54. The summed E-state index contributed by atoms with van der Waals surface area (Å²) in [6.07, 6.45) is 2.13. The van der Waals surface area contributed by atoms with Gasteiger partial charge in [-0.2, -0.15) is 0 Å². The molecule has 2 heterocycles. The van der Waals surface area contributed by atoms with Crippen molar-refractivity contribution < 1.29 is 17.9 Å². The number of carbonyl (C=O) groups is 1. The number of amides is 1. The molecule has 10 heteroatoms. The van der Waals surface area contributed by atoms with Crippen molar-refractivity contribution in [1.29, 1.82) is 0 Å². The van der Waals surface area contributed by atoms with E-state index in [0.717, 1.165) is 44.8 Å². The van der Waals surface area contributed by atoms with Gasteiger partial charge in [-0.1, -0.05) is 26.0 Å². The van der Waals surface area contributed by atoms with Crippen LogP contribution in [-0.4, -0.2) is 70.6 Å². The van der Waals surface area contributed by atoms with Crippen LogP contribution in [0.1, 0.15) is 42.1 Å². The average molecular weight is 527 g/mol. The minimum absolute atomic E-state index is 0.0241. The van der Waals surface area contributed by atoms with E-state index in [-0.39, 0.29) is 15.8 Å². The zero-order valence-electron chi connectivity index (χ0n) is 21.5. The smallest absolute Gasteiger partial charge is 0.264 e. The number of anilines is 1. The van der Waals surface area contributed by atoms with Gasteiger partial charge in [-0.15, -0.1) is 0 Å². The minimum atomic E-state index is -3.93. The van der Waals surface area contributed by atoms with Gasteiger partial charge in [0.15, 0.2) is 0 Å². The molecule has 4 rings (SSSR count). The van der Waals surface area contributed by atoms with Crippen molar-refractivity contribution in [1.82, 2.24) is 15.2 Å². The molecule has 0 radical (unpaired) electrons. The van der Waals surface area contributed by atoms with E-state index in [1.165, 1.54) is 29.7 Å². The maximum atomic E-state index is 13.4. The third-order valence-corrected chi connectivity index (χ3v) is 8.50. The number of sulfonamides is 1. The van der Waals surface area contributed by atoms with Gasteiger partial charge in [0.2, 0.25) is 5.43 Å². The Balaban J connectivity index is 1.51. The fourth-order valence-electron chi connectivity index (χ4n) is 4.32. The predicted molar refractivity (Wildman–Crippen MR) is 145 cm³/mol. The quantitative estimate of drug-likeness (QED) is 0.415. The lowest BCUT2D eigenvalue weighted by atomic mass is 10.0. The van der Waals surface area contributed by atoms with Crippen LogP contribution in [0, 0.1) is 0 Å². The van der Waals surface area contributed by atoms with E-state index in [0.29, 0.717) is 23.7 Å². The number of pyridine rings is 1. The second kappa shape index (κ2) is 11.5. The van der Waals surface area contributed by atoms with Crippen LogP contribution in [0.3, 0.4) is 0 Å². The molecular formula is C27H34N4O5S. The molecule has 9 nitrogen and oxygen atoms in total. The summed E-state index contributed by atoms with van der Waals surface area (Å²) in [5.74, 6) is -0.153. The summed E-state index contributed by atoms with van der Waals surface area (Å²) in [6, 6.07) is 11.7. The van der Waals surface area contributed by atoms with E-state index in [2.05, 4.69) is 29.0 Å². The third kappa shape index (κ3) is 6.03. The van der Waals surface area contributed by atoms with Crippen LogP contribution in [0.5, 0.6) is 0 Å². The highest BCUT2D eigenvalue weighted by Gasteiger charge is 2.23. The Morgan fingerprint density at radius 1 is 1.14 bits per heavy atom. The number of H-pyrrole nitrogens is 1. The Morgan fingerprint density at radius 3 is 2.51 bits per heavy atom. The first kappa shape index (κ1) is 26.8. The van der Waals surface area contributed by atoms with E-state index in [1.807, 2.05) is 12.1 Å². The van der Waals surface area contributed by atoms with Crippen LogP contribution in [0.15, 0.2) is 58.4 Å².